The summed E-state index contributed by atoms with van der Waals surface area (Å²) in [5.74, 6) is 1.21. The van der Waals surface area contributed by atoms with Gasteiger partial charge < -0.3 is 14.4 Å². The fourth-order valence-electron chi connectivity index (χ4n) is 3.58. The van der Waals surface area contributed by atoms with E-state index in [4.69, 9.17) is 14.7 Å². The minimum absolute atomic E-state index is 0.233. The van der Waals surface area contributed by atoms with Gasteiger partial charge in [-0.25, -0.2) is 14.8 Å². The molecule has 4 rings (SSSR count). The van der Waals surface area contributed by atoms with Crippen molar-refractivity contribution in [2.45, 2.75) is 25.9 Å². The number of nitriles is 1. The highest BCUT2D eigenvalue weighted by atomic mass is 32.1. The van der Waals surface area contributed by atoms with Gasteiger partial charge in [0, 0.05) is 30.1 Å². The first-order valence-electron chi connectivity index (χ1n) is 9.95. The summed E-state index contributed by atoms with van der Waals surface area (Å²) in [6.45, 7) is 2.21. The molecule has 1 fully saturated rings. The van der Waals surface area contributed by atoms with Gasteiger partial charge in [0.25, 0.3) is 0 Å². The maximum absolute atomic E-state index is 12.2. The molecule has 8 heteroatoms. The topological polar surface area (TPSA) is 88.3 Å². The number of ether oxygens (including phenoxy) is 2. The van der Waals surface area contributed by atoms with Crippen LogP contribution >= 0.6 is 11.3 Å². The molecular weight excluding hydrogens is 400 g/mol. The van der Waals surface area contributed by atoms with Crippen LogP contribution in [0.4, 0.5) is 4.79 Å². The number of nitrogens with zero attached hydrogens (tertiary/aromatic N) is 4. The van der Waals surface area contributed by atoms with Gasteiger partial charge in [0.2, 0.25) is 0 Å². The van der Waals surface area contributed by atoms with E-state index in [9.17, 15) is 4.79 Å². The number of hydrogen-bond donors (Lipinski definition) is 0. The third-order valence-electron chi connectivity index (χ3n) is 5.26. The highest BCUT2D eigenvalue weighted by Crippen LogP contribution is 2.26. The van der Waals surface area contributed by atoms with Crippen molar-refractivity contribution in [1.29, 1.82) is 5.26 Å². The number of benzene rings is 1. The summed E-state index contributed by atoms with van der Waals surface area (Å²) in [6, 6.07) is 11.4. The van der Waals surface area contributed by atoms with E-state index in [1.807, 2.05) is 29.6 Å². The van der Waals surface area contributed by atoms with E-state index in [0.29, 0.717) is 42.6 Å². The van der Waals surface area contributed by atoms with Crippen LogP contribution in [0.3, 0.4) is 0 Å². The van der Waals surface area contributed by atoms with E-state index in [1.54, 1.807) is 17.2 Å². The molecule has 0 bridgehead atoms. The number of carbonyl (C=O) groups excluding carboxylic acids is 1. The van der Waals surface area contributed by atoms with E-state index in [1.165, 1.54) is 11.3 Å². The third kappa shape index (κ3) is 4.86. The molecule has 0 aliphatic carbocycles. The lowest BCUT2D eigenvalue weighted by Crippen LogP contribution is -2.39. The number of likely N-dealkylation sites (tertiary alicyclic amines) is 1. The minimum atomic E-state index is -0.268. The minimum Gasteiger partial charge on any atom is -0.491 e. The van der Waals surface area contributed by atoms with Gasteiger partial charge in [0.1, 0.15) is 34.6 Å². The van der Waals surface area contributed by atoms with Crippen LogP contribution in [0.2, 0.25) is 0 Å². The Morgan fingerprint density at radius 2 is 2.13 bits per heavy atom. The van der Waals surface area contributed by atoms with Crippen LogP contribution in [0.5, 0.6) is 5.75 Å². The molecule has 3 heterocycles. The molecule has 0 saturated carbocycles. The standard InChI is InChI=1S/C22H22N4O3S/c23-14-18-5-4-17-2-1-3-19(21(17)25-18)28-12-8-16-6-10-26(11-7-16)22(27)29-15-20-24-9-13-30-20/h1-5,9,13,16H,6-8,10-12,15H2. The van der Waals surface area contributed by atoms with Crippen molar-refractivity contribution >= 4 is 28.3 Å². The van der Waals surface area contributed by atoms with E-state index < -0.39 is 0 Å². The van der Waals surface area contributed by atoms with Crippen LogP contribution in [0.15, 0.2) is 41.9 Å². The van der Waals surface area contributed by atoms with Crippen molar-refractivity contribution in [3.05, 3.63) is 52.6 Å². The summed E-state index contributed by atoms with van der Waals surface area (Å²) in [6.07, 6.45) is 4.22. The van der Waals surface area contributed by atoms with Gasteiger partial charge in [0.15, 0.2) is 0 Å². The largest absolute Gasteiger partial charge is 0.491 e. The third-order valence-corrected chi connectivity index (χ3v) is 6.01. The summed E-state index contributed by atoms with van der Waals surface area (Å²) in [7, 11) is 0. The quantitative estimate of drug-likeness (QED) is 0.586. The van der Waals surface area contributed by atoms with Crippen LogP contribution in [0.1, 0.15) is 30.0 Å². The van der Waals surface area contributed by atoms with E-state index in [2.05, 4.69) is 16.0 Å². The normalized spacial score (nSPS) is 14.4. The first-order chi connectivity index (χ1) is 14.7. The molecule has 2 aromatic heterocycles. The van der Waals surface area contributed by atoms with Crippen LogP contribution in [-0.2, 0) is 11.3 Å². The molecule has 0 N–H and O–H groups in total. The number of thiazole rings is 1. The molecule has 1 aromatic carbocycles. The van der Waals surface area contributed by atoms with Crippen molar-refractivity contribution in [3.8, 4) is 11.8 Å². The average molecular weight is 423 g/mol. The molecule has 7 nitrogen and oxygen atoms in total. The number of aromatic nitrogens is 2. The predicted octanol–water partition coefficient (Wildman–Crippen LogP) is 4.38. The summed E-state index contributed by atoms with van der Waals surface area (Å²) >= 11 is 1.48. The van der Waals surface area contributed by atoms with E-state index in [-0.39, 0.29) is 12.7 Å². The van der Waals surface area contributed by atoms with Crippen LogP contribution in [0, 0.1) is 17.2 Å². The molecule has 30 heavy (non-hydrogen) atoms. The molecule has 1 saturated heterocycles. The summed E-state index contributed by atoms with van der Waals surface area (Å²) < 4.78 is 11.3. The number of rotatable bonds is 6. The van der Waals surface area contributed by atoms with Gasteiger partial charge in [-0.05, 0) is 43.4 Å². The molecular formula is C22H22N4O3S. The van der Waals surface area contributed by atoms with Crippen LogP contribution in [0.25, 0.3) is 10.9 Å². The Bertz CT molecular complexity index is 1040. The lowest BCUT2D eigenvalue weighted by molar-refractivity contribution is 0.0799. The zero-order valence-corrected chi connectivity index (χ0v) is 17.3. The van der Waals surface area contributed by atoms with E-state index >= 15 is 0 Å². The van der Waals surface area contributed by atoms with Crippen LogP contribution in [-0.4, -0.2) is 40.7 Å². The second kappa shape index (κ2) is 9.55. The fourth-order valence-corrected chi connectivity index (χ4v) is 4.10. The first-order valence-corrected chi connectivity index (χ1v) is 10.8. The number of pyridine rings is 1. The first kappa shape index (κ1) is 20.1. The van der Waals surface area contributed by atoms with Crippen molar-refractivity contribution in [2.24, 2.45) is 5.92 Å². The molecule has 1 aliphatic heterocycles. The predicted molar refractivity (Wildman–Crippen MR) is 113 cm³/mol. The van der Waals surface area contributed by atoms with Gasteiger partial charge in [0.05, 0.1) is 6.61 Å². The Labute approximate surface area is 178 Å². The van der Waals surface area contributed by atoms with Gasteiger partial charge in [-0.2, -0.15) is 5.26 Å². The maximum atomic E-state index is 12.2. The Morgan fingerprint density at radius 1 is 1.27 bits per heavy atom. The lowest BCUT2D eigenvalue weighted by atomic mass is 9.94. The molecule has 3 aromatic rings. The highest BCUT2D eigenvalue weighted by Gasteiger charge is 2.24. The lowest BCUT2D eigenvalue weighted by Gasteiger charge is -2.31. The maximum Gasteiger partial charge on any atom is 0.410 e. The van der Waals surface area contributed by atoms with Crippen molar-refractivity contribution in [1.82, 2.24) is 14.9 Å². The van der Waals surface area contributed by atoms with Gasteiger partial charge in [-0.3, -0.25) is 0 Å². The van der Waals surface area contributed by atoms with Crippen molar-refractivity contribution in [2.75, 3.05) is 19.7 Å². The molecule has 0 atom stereocenters. The molecule has 0 unspecified atom stereocenters. The highest BCUT2D eigenvalue weighted by molar-refractivity contribution is 7.09. The molecule has 1 aliphatic rings. The number of fused-ring (bicyclic) bond motifs is 1. The summed E-state index contributed by atoms with van der Waals surface area (Å²) in [5.41, 5.74) is 1.10. The zero-order valence-electron chi connectivity index (χ0n) is 16.5. The SMILES string of the molecule is N#Cc1ccc2cccc(OCCC3CCN(C(=O)OCc4nccs4)CC3)c2n1. The Kier molecular flexibility index (Phi) is 6.40. The van der Waals surface area contributed by atoms with Crippen LogP contribution < -0.4 is 4.74 Å². The average Bonchev–Trinajstić information content (AvgIpc) is 3.31. The van der Waals surface area contributed by atoms with Gasteiger partial charge >= 0.3 is 6.09 Å². The number of hydrogen-bond acceptors (Lipinski definition) is 7. The monoisotopic (exact) mass is 422 g/mol. The van der Waals surface area contributed by atoms with Crippen molar-refractivity contribution < 1.29 is 14.3 Å². The number of para-hydroxylation sites is 1. The second-order valence-corrected chi connectivity index (χ2v) is 8.16. The summed E-state index contributed by atoms with van der Waals surface area (Å²) in [4.78, 5) is 22.5. The van der Waals surface area contributed by atoms with Gasteiger partial charge in [-0.1, -0.05) is 12.1 Å². The molecule has 1 amide bonds. The number of carbonyl (C=O) groups is 1. The number of piperidine rings is 1. The smallest absolute Gasteiger partial charge is 0.410 e. The molecule has 154 valence electrons. The fraction of sp³-hybridized carbons (Fsp3) is 0.364. The molecule has 0 radical (unpaired) electrons. The van der Waals surface area contributed by atoms with Gasteiger partial charge in [-0.15, -0.1) is 11.3 Å². The Hall–Kier alpha value is -3.18. The van der Waals surface area contributed by atoms with Crippen molar-refractivity contribution in [3.63, 3.8) is 0 Å². The number of amides is 1. The Balaban J connectivity index is 1.23. The Morgan fingerprint density at radius 3 is 2.90 bits per heavy atom. The molecule has 0 spiro atoms. The van der Waals surface area contributed by atoms with E-state index in [0.717, 1.165) is 29.7 Å². The summed E-state index contributed by atoms with van der Waals surface area (Å²) in [5, 5.41) is 12.7. The zero-order chi connectivity index (χ0) is 20.8. The second-order valence-electron chi connectivity index (χ2n) is 7.18.